The number of nitro groups is 1. The Balaban J connectivity index is 2.12. The lowest BCUT2D eigenvalue weighted by molar-refractivity contribution is -0.385. The summed E-state index contributed by atoms with van der Waals surface area (Å²) in [5.41, 5.74) is 0.0582. The number of hydrogen-bond acceptors (Lipinski definition) is 4. The van der Waals surface area contributed by atoms with Gasteiger partial charge in [0.25, 0.3) is 5.91 Å². The molecule has 0 saturated carbocycles. The largest absolute Gasteiger partial charge is 0.337 e. The fraction of sp³-hybridized carbons (Fsp3) is 0.714. The number of hydrogen-bond donors (Lipinski definition) is 1. The summed E-state index contributed by atoms with van der Waals surface area (Å²) in [4.78, 5) is 24.7. The number of nitrogens with one attached hydrogen (secondary N) is 1. The van der Waals surface area contributed by atoms with Gasteiger partial charge in [-0.25, -0.2) is 0 Å². The Hall–Kier alpha value is -1.92. The molecule has 1 N–H and O–H groups in total. The first-order valence-corrected chi connectivity index (χ1v) is 7.53. The van der Waals surface area contributed by atoms with E-state index in [1.165, 1.54) is 6.42 Å². The van der Waals surface area contributed by atoms with Gasteiger partial charge in [-0.05, 0) is 32.1 Å². The van der Waals surface area contributed by atoms with Crippen LogP contribution < -0.4 is 0 Å². The van der Waals surface area contributed by atoms with E-state index in [0.29, 0.717) is 24.7 Å². The molecule has 1 aromatic rings. The number of likely N-dealkylation sites (tertiary alicyclic amines) is 1. The lowest BCUT2D eigenvalue weighted by Gasteiger charge is -2.19. The van der Waals surface area contributed by atoms with Crippen molar-refractivity contribution in [2.45, 2.75) is 46.0 Å². The zero-order chi connectivity index (χ0) is 15.4. The lowest BCUT2D eigenvalue weighted by Crippen LogP contribution is -2.32. The van der Waals surface area contributed by atoms with Crippen LogP contribution in [0.1, 0.15) is 55.2 Å². The molecule has 1 amide bonds. The molecule has 0 aliphatic carbocycles. The zero-order valence-corrected chi connectivity index (χ0v) is 12.6. The number of nitrogens with zero attached hydrogens (tertiary/aromatic N) is 3. The summed E-state index contributed by atoms with van der Waals surface area (Å²) >= 11 is 0. The predicted molar refractivity (Wildman–Crippen MR) is 78.1 cm³/mol. The van der Waals surface area contributed by atoms with Gasteiger partial charge < -0.3 is 4.90 Å². The van der Waals surface area contributed by atoms with Gasteiger partial charge in [0.15, 0.2) is 0 Å². The highest BCUT2D eigenvalue weighted by molar-refractivity contribution is 5.96. The van der Waals surface area contributed by atoms with Gasteiger partial charge in [-0.15, -0.1) is 0 Å². The van der Waals surface area contributed by atoms with Gasteiger partial charge in [0.1, 0.15) is 5.69 Å². The fourth-order valence-corrected chi connectivity index (χ4v) is 3.01. The van der Waals surface area contributed by atoms with Crippen molar-refractivity contribution in [3.05, 3.63) is 21.5 Å². The van der Waals surface area contributed by atoms with E-state index in [9.17, 15) is 14.9 Å². The zero-order valence-electron chi connectivity index (χ0n) is 12.6. The molecule has 2 heterocycles. The first kappa shape index (κ1) is 15.5. The third-order valence-corrected chi connectivity index (χ3v) is 4.13. The SMILES string of the molecule is CCC[C@H]1CCCN(C(=O)c2n[nH]c(C)c2[N+](=O)[O-])CC1. The summed E-state index contributed by atoms with van der Waals surface area (Å²) in [5.74, 6) is 0.326. The molecule has 0 unspecified atom stereocenters. The summed E-state index contributed by atoms with van der Waals surface area (Å²) < 4.78 is 0. The topological polar surface area (TPSA) is 92.1 Å². The third kappa shape index (κ3) is 3.40. The van der Waals surface area contributed by atoms with Gasteiger partial charge in [-0.2, -0.15) is 5.10 Å². The summed E-state index contributed by atoms with van der Waals surface area (Å²) in [6.07, 6.45) is 5.38. The molecular formula is C14H22N4O3. The maximum Gasteiger partial charge on any atom is 0.322 e. The predicted octanol–water partition coefficient (Wildman–Crippen LogP) is 2.67. The van der Waals surface area contributed by atoms with E-state index < -0.39 is 4.92 Å². The van der Waals surface area contributed by atoms with Gasteiger partial charge >= 0.3 is 5.69 Å². The number of aromatic amines is 1. The van der Waals surface area contributed by atoms with Crippen LogP contribution >= 0.6 is 0 Å². The van der Waals surface area contributed by atoms with Crippen LogP contribution in [-0.4, -0.2) is 39.0 Å². The van der Waals surface area contributed by atoms with E-state index in [1.54, 1.807) is 11.8 Å². The van der Waals surface area contributed by atoms with E-state index in [-0.39, 0.29) is 17.3 Å². The van der Waals surface area contributed by atoms with Gasteiger partial charge in [0, 0.05) is 13.1 Å². The van der Waals surface area contributed by atoms with Crippen LogP contribution in [0.25, 0.3) is 0 Å². The number of H-pyrrole nitrogens is 1. The molecule has 1 fully saturated rings. The minimum absolute atomic E-state index is 0.0635. The molecule has 0 bridgehead atoms. The number of carbonyl (C=O) groups excluding carboxylic acids is 1. The van der Waals surface area contributed by atoms with Crippen molar-refractivity contribution < 1.29 is 9.72 Å². The number of aryl methyl sites for hydroxylation is 1. The Morgan fingerprint density at radius 1 is 1.48 bits per heavy atom. The van der Waals surface area contributed by atoms with Crippen molar-refractivity contribution >= 4 is 11.6 Å². The Morgan fingerprint density at radius 2 is 2.24 bits per heavy atom. The molecular weight excluding hydrogens is 272 g/mol. The van der Waals surface area contributed by atoms with Gasteiger partial charge in [0.2, 0.25) is 5.69 Å². The van der Waals surface area contributed by atoms with Gasteiger partial charge in [-0.1, -0.05) is 19.8 Å². The second kappa shape index (κ2) is 6.69. The second-order valence-electron chi connectivity index (χ2n) is 5.68. The van der Waals surface area contributed by atoms with E-state index in [1.807, 2.05) is 0 Å². The van der Waals surface area contributed by atoms with Gasteiger partial charge in [-0.3, -0.25) is 20.0 Å². The van der Waals surface area contributed by atoms with Crippen LogP contribution in [0.2, 0.25) is 0 Å². The highest BCUT2D eigenvalue weighted by Gasteiger charge is 2.31. The highest BCUT2D eigenvalue weighted by Crippen LogP contribution is 2.25. The fourth-order valence-electron chi connectivity index (χ4n) is 3.01. The first-order valence-electron chi connectivity index (χ1n) is 7.53. The molecule has 7 heteroatoms. The first-order chi connectivity index (χ1) is 10.0. The molecule has 1 aliphatic rings. The normalized spacial score (nSPS) is 19.3. The summed E-state index contributed by atoms with van der Waals surface area (Å²) in [5, 5.41) is 17.5. The second-order valence-corrected chi connectivity index (χ2v) is 5.68. The average molecular weight is 294 g/mol. The molecule has 116 valence electrons. The quantitative estimate of drug-likeness (QED) is 0.682. The molecule has 0 spiro atoms. The molecule has 1 aliphatic heterocycles. The minimum atomic E-state index is -0.538. The molecule has 2 rings (SSSR count). The van der Waals surface area contributed by atoms with Crippen molar-refractivity contribution in [2.24, 2.45) is 5.92 Å². The Bertz CT molecular complexity index is 526. The van der Waals surface area contributed by atoms with E-state index in [0.717, 1.165) is 25.7 Å². The van der Waals surface area contributed by atoms with Crippen LogP contribution in [-0.2, 0) is 0 Å². The van der Waals surface area contributed by atoms with Gasteiger partial charge in [0.05, 0.1) is 4.92 Å². The number of rotatable bonds is 4. The molecule has 21 heavy (non-hydrogen) atoms. The monoisotopic (exact) mass is 294 g/mol. The molecule has 0 radical (unpaired) electrons. The molecule has 7 nitrogen and oxygen atoms in total. The summed E-state index contributed by atoms with van der Waals surface area (Å²) in [6.45, 7) is 5.04. The Kier molecular flexibility index (Phi) is 4.93. The average Bonchev–Trinajstić information content (AvgIpc) is 2.68. The van der Waals surface area contributed by atoms with Crippen LogP contribution in [0.5, 0.6) is 0 Å². The minimum Gasteiger partial charge on any atom is -0.337 e. The van der Waals surface area contributed by atoms with Crippen LogP contribution in [0, 0.1) is 23.0 Å². The molecule has 1 atom stereocenters. The molecule has 1 saturated heterocycles. The van der Waals surface area contributed by atoms with Crippen molar-refractivity contribution in [1.82, 2.24) is 15.1 Å². The maximum absolute atomic E-state index is 12.5. The highest BCUT2D eigenvalue weighted by atomic mass is 16.6. The van der Waals surface area contributed by atoms with Crippen LogP contribution in [0.4, 0.5) is 5.69 Å². The van der Waals surface area contributed by atoms with Crippen molar-refractivity contribution in [1.29, 1.82) is 0 Å². The van der Waals surface area contributed by atoms with E-state index in [4.69, 9.17) is 0 Å². The third-order valence-electron chi connectivity index (χ3n) is 4.13. The van der Waals surface area contributed by atoms with Crippen molar-refractivity contribution in [3.8, 4) is 0 Å². The summed E-state index contributed by atoms with van der Waals surface area (Å²) in [6, 6.07) is 0. The van der Waals surface area contributed by atoms with Crippen molar-refractivity contribution in [3.63, 3.8) is 0 Å². The van der Waals surface area contributed by atoms with Crippen LogP contribution in [0.15, 0.2) is 0 Å². The number of amides is 1. The maximum atomic E-state index is 12.5. The lowest BCUT2D eigenvalue weighted by atomic mass is 9.96. The van der Waals surface area contributed by atoms with Crippen LogP contribution in [0.3, 0.4) is 0 Å². The van der Waals surface area contributed by atoms with Crippen molar-refractivity contribution in [2.75, 3.05) is 13.1 Å². The van der Waals surface area contributed by atoms with E-state index >= 15 is 0 Å². The molecule has 0 aromatic carbocycles. The standard InChI is InChI=1S/C14H22N4O3/c1-3-5-11-6-4-8-17(9-7-11)14(19)12-13(18(20)21)10(2)15-16-12/h11H,3-9H2,1-2H3,(H,15,16)/t11-/m0/s1. The molecule has 1 aromatic heterocycles. The summed E-state index contributed by atoms with van der Waals surface area (Å²) in [7, 11) is 0. The van der Waals surface area contributed by atoms with E-state index in [2.05, 4.69) is 17.1 Å². The smallest absolute Gasteiger partial charge is 0.322 e. The number of aromatic nitrogens is 2. The number of carbonyl (C=O) groups is 1. The Labute approximate surface area is 123 Å². The Morgan fingerprint density at radius 3 is 2.90 bits per heavy atom.